The second-order valence-electron chi connectivity index (χ2n) is 4.13. The van der Waals surface area contributed by atoms with Gasteiger partial charge in [-0.1, -0.05) is 28.1 Å². The molecule has 1 aromatic rings. The third-order valence-electron chi connectivity index (χ3n) is 2.96. The van der Waals surface area contributed by atoms with E-state index < -0.39 is 0 Å². The van der Waals surface area contributed by atoms with E-state index in [9.17, 15) is 4.79 Å². The van der Waals surface area contributed by atoms with Crippen LogP contribution < -0.4 is 0 Å². The van der Waals surface area contributed by atoms with Crippen LogP contribution in [-0.4, -0.2) is 22.6 Å². The molecule has 2 unspecified atom stereocenters. The molecule has 1 aliphatic heterocycles. The third-order valence-corrected chi connectivity index (χ3v) is 3.83. The van der Waals surface area contributed by atoms with Gasteiger partial charge in [0, 0.05) is 22.7 Å². The Morgan fingerprint density at radius 1 is 1.44 bits per heavy atom. The summed E-state index contributed by atoms with van der Waals surface area (Å²) in [4.78, 5) is 13.6. The van der Waals surface area contributed by atoms with Gasteiger partial charge < -0.3 is 4.90 Å². The number of carbonyl (C=O) groups excluding carboxylic acids is 1. The van der Waals surface area contributed by atoms with E-state index >= 15 is 0 Å². The van der Waals surface area contributed by atoms with Crippen molar-refractivity contribution in [3.05, 3.63) is 34.3 Å². The fourth-order valence-electron chi connectivity index (χ4n) is 2.01. The Labute approximate surface area is 110 Å². The molecule has 1 heterocycles. The zero-order chi connectivity index (χ0) is 11.7. The van der Waals surface area contributed by atoms with Crippen molar-refractivity contribution in [2.24, 2.45) is 0 Å². The van der Waals surface area contributed by atoms with Crippen molar-refractivity contribution < 1.29 is 4.79 Å². The molecular formula is C12H14BrNOS. The van der Waals surface area contributed by atoms with Crippen LogP contribution in [0.3, 0.4) is 0 Å². The first kappa shape index (κ1) is 12.0. The van der Waals surface area contributed by atoms with E-state index in [0.717, 1.165) is 11.0 Å². The summed E-state index contributed by atoms with van der Waals surface area (Å²) in [5, 5.41) is 0.186. The highest BCUT2D eigenvalue weighted by molar-refractivity contribution is 9.10. The van der Waals surface area contributed by atoms with Crippen LogP contribution in [0.2, 0.25) is 0 Å². The fraction of sp³-hybridized carbons (Fsp3) is 0.417. The Morgan fingerprint density at radius 3 is 2.56 bits per heavy atom. The van der Waals surface area contributed by atoms with Gasteiger partial charge in [0.05, 0.1) is 6.04 Å². The Bertz CT molecular complexity index is 393. The van der Waals surface area contributed by atoms with Gasteiger partial charge in [-0.25, -0.2) is 0 Å². The summed E-state index contributed by atoms with van der Waals surface area (Å²) in [5.74, 6) is 0.204. The maximum atomic E-state index is 11.7. The lowest BCUT2D eigenvalue weighted by atomic mass is 10.1. The van der Waals surface area contributed by atoms with E-state index in [0.29, 0.717) is 6.42 Å². The molecular weight excluding hydrogens is 286 g/mol. The highest BCUT2D eigenvalue weighted by Gasteiger charge is 2.31. The second kappa shape index (κ2) is 4.80. The van der Waals surface area contributed by atoms with Gasteiger partial charge in [-0.05, 0) is 24.6 Å². The Kier molecular flexibility index (Phi) is 3.60. The summed E-state index contributed by atoms with van der Waals surface area (Å²) in [6, 6.07) is 8.24. The number of thiol groups is 1. The van der Waals surface area contributed by atoms with E-state index in [4.69, 9.17) is 0 Å². The van der Waals surface area contributed by atoms with Crippen LogP contribution in [0.5, 0.6) is 0 Å². The minimum atomic E-state index is 0.137. The molecule has 0 N–H and O–H groups in total. The van der Waals surface area contributed by atoms with Gasteiger partial charge in [0.1, 0.15) is 0 Å². The van der Waals surface area contributed by atoms with Gasteiger partial charge in [0.25, 0.3) is 0 Å². The van der Waals surface area contributed by atoms with Crippen molar-refractivity contribution >= 4 is 34.5 Å². The molecule has 0 bridgehead atoms. The minimum absolute atomic E-state index is 0.137. The van der Waals surface area contributed by atoms with Gasteiger partial charge >= 0.3 is 0 Å². The summed E-state index contributed by atoms with van der Waals surface area (Å²) in [6.07, 6.45) is 0.560. The lowest BCUT2D eigenvalue weighted by Crippen LogP contribution is -2.28. The van der Waals surface area contributed by atoms with Crippen molar-refractivity contribution in [2.75, 3.05) is 6.54 Å². The summed E-state index contributed by atoms with van der Waals surface area (Å²) >= 11 is 7.77. The first-order valence-electron chi connectivity index (χ1n) is 5.31. The Morgan fingerprint density at radius 2 is 2.06 bits per heavy atom. The highest BCUT2D eigenvalue weighted by atomic mass is 79.9. The topological polar surface area (TPSA) is 20.3 Å². The number of carbonyl (C=O) groups is 1. The molecule has 2 rings (SSSR count). The number of amides is 1. The molecule has 2 nitrogen and oxygen atoms in total. The van der Waals surface area contributed by atoms with Crippen LogP contribution in [0, 0.1) is 0 Å². The van der Waals surface area contributed by atoms with Crippen molar-refractivity contribution in [2.45, 2.75) is 24.6 Å². The maximum Gasteiger partial charge on any atom is 0.224 e. The monoisotopic (exact) mass is 299 g/mol. The maximum absolute atomic E-state index is 11.7. The van der Waals surface area contributed by atoms with Gasteiger partial charge in [0.2, 0.25) is 5.91 Å². The van der Waals surface area contributed by atoms with Crippen LogP contribution in [-0.2, 0) is 4.79 Å². The molecule has 0 aliphatic carbocycles. The van der Waals surface area contributed by atoms with E-state index in [2.05, 4.69) is 35.5 Å². The molecule has 4 heteroatoms. The van der Waals surface area contributed by atoms with Crippen molar-refractivity contribution in [1.82, 2.24) is 4.90 Å². The Hall–Kier alpha value is -0.480. The molecule has 1 fully saturated rings. The molecule has 16 heavy (non-hydrogen) atoms. The Balaban J connectivity index is 2.16. The molecule has 1 saturated heterocycles. The molecule has 0 radical (unpaired) electrons. The van der Waals surface area contributed by atoms with Gasteiger partial charge in [-0.15, -0.1) is 0 Å². The normalized spacial score (nSPS) is 22.6. The largest absolute Gasteiger partial charge is 0.335 e. The number of likely N-dealkylation sites (tertiary alicyclic amines) is 1. The van der Waals surface area contributed by atoms with Crippen LogP contribution in [0.25, 0.3) is 0 Å². The number of benzene rings is 1. The number of halogens is 1. The summed E-state index contributed by atoms with van der Waals surface area (Å²) in [7, 11) is 0. The molecule has 2 atom stereocenters. The minimum Gasteiger partial charge on any atom is -0.335 e. The fourth-order valence-corrected chi connectivity index (χ4v) is 2.60. The van der Waals surface area contributed by atoms with E-state index in [1.165, 1.54) is 5.56 Å². The predicted octanol–water partition coefficient (Wildman–Crippen LogP) is 3.04. The molecule has 0 saturated carbocycles. The summed E-state index contributed by atoms with van der Waals surface area (Å²) in [5.41, 5.74) is 1.17. The van der Waals surface area contributed by atoms with Crippen LogP contribution >= 0.6 is 28.6 Å². The van der Waals surface area contributed by atoms with Crippen molar-refractivity contribution in [3.63, 3.8) is 0 Å². The van der Waals surface area contributed by atoms with Crippen LogP contribution in [0.1, 0.15) is 24.9 Å². The average molecular weight is 300 g/mol. The number of hydrogen-bond donors (Lipinski definition) is 1. The average Bonchev–Trinajstić information content (AvgIpc) is 2.58. The summed E-state index contributed by atoms with van der Waals surface area (Å²) < 4.78 is 1.06. The second-order valence-corrected chi connectivity index (χ2v) is 5.78. The number of nitrogens with zero attached hydrogens (tertiary/aromatic N) is 1. The molecule has 0 aromatic heterocycles. The molecule has 1 amide bonds. The van der Waals surface area contributed by atoms with Gasteiger partial charge in [-0.2, -0.15) is 12.6 Å². The number of rotatable bonds is 2. The number of hydrogen-bond acceptors (Lipinski definition) is 2. The molecule has 1 aromatic carbocycles. The smallest absolute Gasteiger partial charge is 0.224 e. The van der Waals surface area contributed by atoms with Crippen molar-refractivity contribution in [3.8, 4) is 0 Å². The predicted molar refractivity (Wildman–Crippen MR) is 71.7 cm³/mol. The SMILES string of the molecule is CC(c1ccc(Br)cc1)N1CC(S)CC1=O. The van der Waals surface area contributed by atoms with Gasteiger partial charge in [-0.3, -0.25) is 4.79 Å². The molecule has 0 spiro atoms. The van der Waals surface area contributed by atoms with E-state index in [1.807, 2.05) is 29.2 Å². The first-order valence-corrected chi connectivity index (χ1v) is 6.62. The molecule has 1 aliphatic rings. The summed E-state index contributed by atoms with van der Waals surface area (Å²) in [6.45, 7) is 2.81. The quantitative estimate of drug-likeness (QED) is 0.832. The van der Waals surface area contributed by atoms with Gasteiger partial charge in [0.15, 0.2) is 0 Å². The highest BCUT2D eigenvalue weighted by Crippen LogP contribution is 2.28. The van der Waals surface area contributed by atoms with Crippen molar-refractivity contribution in [1.29, 1.82) is 0 Å². The van der Waals surface area contributed by atoms with E-state index in [-0.39, 0.29) is 17.2 Å². The zero-order valence-corrected chi connectivity index (χ0v) is 11.5. The van der Waals surface area contributed by atoms with Crippen LogP contribution in [0.4, 0.5) is 0 Å². The zero-order valence-electron chi connectivity index (χ0n) is 9.06. The van der Waals surface area contributed by atoms with E-state index in [1.54, 1.807) is 0 Å². The lowest BCUT2D eigenvalue weighted by Gasteiger charge is -2.24. The lowest BCUT2D eigenvalue weighted by molar-refractivity contribution is -0.129. The van der Waals surface area contributed by atoms with Crippen LogP contribution in [0.15, 0.2) is 28.7 Å². The molecule has 86 valence electrons. The standard InChI is InChI=1S/C12H14BrNOS/c1-8(9-2-4-10(13)5-3-9)14-7-11(16)6-12(14)15/h2-5,8,11,16H,6-7H2,1H3. The third kappa shape index (κ3) is 2.43. The first-order chi connectivity index (χ1) is 7.58.